The lowest BCUT2D eigenvalue weighted by molar-refractivity contribution is -0.115. The summed E-state index contributed by atoms with van der Waals surface area (Å²) in [6.07, 6.45) is 1.11. The van der Waals surface area contributed by atoms with Crippen molar-refractivity contribution >= 4 is 34.5 Å². The van der Waals surface area contributed by atoms with Gasteiger partial charge in [0.25, 0.3) is 5.91 Å². The van der Waals surface area contributed by atoms with Crippen LogP contribution in [0.1, 0.15) is 39.3 Å². The predicted octanol–water partition coefficient (Wildman–Crippen LogP) is 4.64. The van der Waals surface area contributed by atoms with E-state index >= 15 is 0 Å². The molecule has 138 valence electrons. The number of thiazole rings is 1. The average Bonchev–Trinajstić information content (AvgIpc) is 3.03. The van der Waals surface area contributed by atoms with Crippen LogP contribution in [0.2, 0.25) is 0 Å². The van der Waals surface area contributed by atoms with Crippen LogP contribution in [-0.2, 0) is 11.2 Å². The standard InChI is InChI=1S/C21H21N3O2S/c1-3-18(25)23-16-10-7-11-17(13-16)24-21(26)20-14(2)22-19(27-20)12-15-8-5-4-6-9-15/h4-11,13H,3,12H2,1-2H3,(H,23,25)(H,24,26). The molecule has 0 atom stereocenters. The molecule has 0 unspecified atom stereocenters. The SMILES string of the molecule is CCC(=O)Nc1cccc(NC(=O)c2sc(Cc3ccccc3)nc2C)c1. The van der Waals surface area contributed by atoms with E-state index < -0.39 is 0 Å². The maximum atomic E-state index is 12.7. The van der Waals surface area contributed by atoms with Crippen molar-refractivity contribution in [2.24, 2.45) is 0 Å². The zero-order valence-corrected chi connectivity index (χ0v) is 16.1. The Hall–Kier alpha value is -2.99. The fraction of sp³-hybridized carbons (Fsp3) is 0.190. The van der Waals surface area contributed by atoms with Gasteiger partial charge >= 0.3 is 0 Å². The molecule has 2 aromatic carbocycles. The Morgan fingerprint density at radius 3 is 2.41 bits per heavy atom. The third kappa shape index (κ3) is 5.01. The first-order valence-electron chi connectivity index (χ1n) is 8.76. The average molecular weight is 379 g/mol. The Kier molecular flexibility index (Phi) is 5.98. The van der Waals surface area contributed by atoms with Crippen LogP contribution in [0, 0.1) is 6.92 Å². The number of hydrogen-bond donors (Lipinski definition) is 2. The monoisotopic (exact) mass is 379 g/mol. The molecule has 6 heteroatoms. The van der Waals surface area contributed by atoms with E-state index in [0.29, 0.717) is 29.1 Å². The van der Waals surface area contributed by atoms with Gasteiger partial charge in [-0.15, -0.1) is 11.3 Å². The van der Waals surface area contributed by atoms with E-state index in [0.717, 1.165) is 16.3 Å². The highest BCUT2D eigenvalue weighted by molar-refractivity contribution is 7.14. The van der Waals surface area contributed by atoms with Gasteiger partial charge in [0, 0.05) is 24.2 Å². The lowest BCUT2D eigenvalue weighted by Gasteiger charge is -2.08. The number of nitrogens with one attached hydrogen (secondary N) is 2. The first-order valence-corrected chi connectivity index (χ1v) is 9.58. The molecule has 0 aliphatic carbocycles. The molecule has 0 aliphatic heterocycles. The summed E-state index contributed by atoms with van der Waals surface area (Å²) in [7, 11) is 0. The topological polar surface area (TPSA) is 71.1 Å². The van der Waals surface area contributed by atoms with E-state index in [-0.39, 0.29) is 11.8 Å². The molecule has 3 aromatic rings. The van der Waals surface area contributed by atoms with Crippen LogP contribution in [0.15, 0.2) is 54.6 Å². The molecule has 2 N–H and O–H groups in total. The van der Waals surface area contributed by atoms with Crippen molar-refractivity contribution in [3.63, 3.8) is 0 Å². The second-order valence-corrected chi connectivity index (χ2v) is 7.20. The number of benzene rings is 2. The summed E-state index contributed by atoms with van der Waals surface area (Å²) in [6, 6.07) is 17.2. The van der Waals surface area contributed by atoms with Crippen molar-refractivity contribution in [1.29, 1.82) is 0 Å². The molecule has 0 radical (unpaired) electrons. The molecular weight excluding hydrogens is 358 g/mol. The predicted molar refractivity (Wildman–Crippen MR) is 109 cm³/mol. The number of aromatic nitrogens is 1. The van der Waals surface area contributed by atoms with Gasteiger partial charge in [-0.1, -0.05) is 43.3 Å². The van der Waals surface area contributed by atoms with E-state index in [1.54, 1.807) is 31.2 Å². The van der Waals surface area contributed by atoms with Gasteiger partial charge in [0.05, 0.1) is 10.7 Å². The van der Waals surface area contributed by atoms with E-state index in [1.165, 1.54) is 11.3 Å². The molecule has 0 saturated heterocycles. The highest BCUT2D eigenvalue weighted by Crippen LogP contribution is 2.23. The molecule has 1 heterocycles. The Balaban J connectivity index is 1.71. The Bertz CT molecular complexity index is 951. The fourth-order valence-electron chi connectivity index (χ4n) is 2.62. The van der Waals surface area contributed by atoms with E-state index in [2.05, 4.69) is 15.6 Å². The van der Waals surface area contributed by atoms with Crippen LogP contribution in [0.4, 0.5) is 11.4 Å². The van der Waals surface area contributed by atoms with Gasteiger partial charge in [-0.25, -0.2) is 4.98 Å². The summed E-state index contributed by atoms with van der Waals surface area (Å²) >= 11 is 1.41. The molecule has 2 amide bonds. The van der Waals surface area contributed by atoms with Crippen molar-refractivity contribution in [2.45, 2.75) is 26.7 Å². The molecule has 0 fully saturated rings. The van der Waals surface area contributed by atoms with Crippen molar-refractivity contribution < 1.29 is 9.59 Å². The highest BCUT2D eigenvalue weighted by atomic mass is 32.1. The van der Waals surface area contributed by atoms with E-state index in [1.807, 2.05) is 37.3 Å². The summed E-state index contributed by atoms with van der Waals surface area (Å²) in [5.41, 5.74) is 3.17. The van der Waals surface area contributed by atoms with Gasteiger partial charge in [0.2, 0.25) is 5.91 Å². The van der Waals surface area contributed by atoms with Crippen LogP contribution in [-0.4, -0.2) is 16.8 Å². The van der Waals surface area contributed by atoms with Crippen molar-refractivity contribution in [3.05, 3.63) is 75.7 Å². The summed E-state index contributed by atoms with van der Waals surface area (Å²) in [5, 5.41) is 6.59. The number of carbonyl (C=O) groups is 2. The van der Waals surface area contributed by atoms with Gasteiger partial charge in [-0.05, 0) is 30.7 Å². The first-order chi connectivity index (χ1) is 13.0. The van der Waals surface area contributed by atoms with Crippen molar-refractivity contribution in [2.75, 3.05) is 10.6 Å². The summed E-state index contributed by atoms with van der Waals surface area (Å²) in [5.74, 6) is -0.259. The lowest BCUT2D eigenvalue weighted by atomic mass is 10.2. The molecule has 5 nitrogen and oxygen atoms in total. The third-order valence-corrected chi connectivity index (χ3v) is 5.13. The van der Waals surface area contributed by atoms with Crippen molar-refractivity contribution in [1.82, 2.24) is 4.98 Å². The second-order valence-electron chi connectivity index (χ2n) is 6.12. The first kappa shape index (κ1) is 18.8. The Morgan fingerprint density at radius 1 is 1.00 bits per heavy atom. The largest absolute Gasteiger partial charge is 0.326 e. The minimum absolute atomic E-state index is 0.0673. The number of rotatable bonds is 6. The molecule has 0 spiro atoms. The highest BCUT2D eigenvalue weighted by Gasteiger charge is 2.16. The molecule has 1 aromatic heterocycles. The second kappa shape index (κ2) is 8.60. The van der Waals surface area contributed by atoms with Crippen LogP contribution in [0.3, 0.4) is 0 Å². The zero-order valence-electron chi connectivity index (χ0n) is 15.3. The van der Waals surface area contributed by atoms with E-state index in [4.69, 9.17) is 0 Å². The number of amides is 2. The van der Waals surface area contributed by atoms with Gasteiger partial charge in [0.15, 0.2) is 0 Å². The smallest absolute Gasteiger partial charge is 0.267 e. The van der Waals surface area contributed by atoms with Gasteiger partial charge in [-0.3, -0.25) is 9.59 Å². The molecule has 0 aliphatic rings. The number of nitrogens with zero attached hydrogens (tertiary/aromatic N) is 1. The quantitative estimate of drug-likeness (QED) is 0.655. The van der Waals surface area contributed by atoms with E-state index in [9.17, 15) is 9.59 Å². The Morgan fingerprint density at radius 2 is 1.70 bits per heavy atom. The van der Waals surface area contributed by atoms with Crippen LogP contribution in [0.25, 0.3) is 0 Å². The molecule has 0 bridgehead atoms. The summed E-state index contributed by atoms with van der Waals surface area (Å²) < 4.78 is 0. The van der Waals surface area contributed by atoms with Gasteiger partial charge < -0.3 is 10.6 Å². The molecule has 3 rings (SSSR count). The van der Waals surface area contributed by atoms with Crippen LogP contribution in [0.5, 0.6) is 0 Å². The maximum absolute atomic E-state index is 12.7. The number of hydrogen-bond acceptors (Lipinski definition) is 4. The van der Waals surface area contributed by atoms with Crippen molar-refractivity contribution in [3.8, 4) is 0 Å². The summed E-state index contributed by atoms with van der Waals surface area (Å²) in [4.78, 5) is 29.3. The lowest BCUT2D eigenvalue weighted by Crippen LogP contribution is -2.13. The molecular formula is C21H21N3O2S. The zero-order chi connectivity index (χ0) is 19.2. The van der Waals surface area contributed by atoms with Gasteiger partial charge in [-0.2, -0.15) is 0 Å². The fourth-order valence-corrected chi connectivity index (χ4v) is 3.62. The third-order valence-electron chi connectivity index (χ3n) is 3.97. The normalized spacial score (nSPS) is 10.4. The minimum Gasteiger partial charge on any atom is -0.326 e. The number of anilines is 2. The van der Waals surface area contributed by atoms with Crippen LogP contribution >= 0.6 is 11.3 Å². The number of carbonyl (C=O) groups excluding carboxylic acids is 2. The Labute approximate surface area is 162 Å². The van der Waals surface area contributed by atoms with Crippen LogP contribution < -0.4 is 10.6 Å². The maximum Gasteiger partial charge on any atom is 0.267 e. The summed E-state index contributed by atoms with van der Waals surface area (Å²) in [6.45, 7) is 3.64. The molecule has 0 saturated carbocycles. The van der Waals surface area contributed by atoms with Gasteiger partial charge in [0.1, 0.15) is 4.88 Å². The minimum atomic E-state index is -0.191. The number of aryl methyl sites for hydroxylation is 1. The molecule has 27 heavy (non-hydrogen) atoms.